The predicted octanol–water partition coefficient (Wildman–Crippen LogP) is 2.00. The van der Waals surface area contributed by atoms with Crippen molar-refractivity contribution in [2.45, 2.75) is 62.6 Å². The molecule has 5 heteroatoms. The maximum atomic E-state index is 12.1. The summed E-state index contributed by atoms with van der Waals surface area (Å²) >= 11 is 0. The molecule has 1 aliphatic carbocycles. The number of hydrogen-bond donors (Lipinski definition) is 2. The number of methoxy groups -OCH3 is 1. The first-order valence-corrected chi connectivity index (χ1v) is 9.68. The Balaban J connectivity index is 1.88. The zero-order valence-corrected chi connectivity index (χ0v) is 16.2. The summed E-state index contributed by atoms with van der Waals surface area (Å²) in [6.45, 7) is 5.19. The highest BCUT2D eigenvalue weighted by molar-refractivity contribution is 5.79. The molecule has 1 aromatic carbocycles. The Kier molecular flexibility index (Phi) is 4.08. The number of fused-ring (bicyclic) bond motifs is 2. The lowest BCUT2D eigenvalue weighted by atomic mass is 9.50. The van der Waals surface area contributed by atoms with E-state index in [0.717, 1.165) is 25.1 Å². The molecule has 4 unspecified atom stereocenters. The van der Waals surface area contributed by atoms with Gasteiger partial charge in [0.25, 0.3) is 0 Å². The second-order valence-corrected chi connectivity index (χ2v) is 8.64. The quantitative estimate of drug-likeness (QED) is 0.849. The summed E-state index contributed by atoms with van der Waals surface area (Å²) in [6.07, 6.45) is 2.89. The first-order chi connectivity index (χ1) is 12.3. The number of nitrogens with zero attached hydrogens (tertiary/aromatic N) is 1. The summed E-state index contributed by atoms with van der Waals surface area (Å²) < 4.78 is 5.50. The number of piperidine rings is 1. The highest BCUT2D eigenvalue weighted by Gasteiger charge is 2.63. The summed E-state index contributed by atoms with van der Waals surface area (Å²) in [5.41, 5.74) is 1.14. The van der Waals surface area contributed by atoms with Crippen molar-refractivity contribution in [2.24, 2.45) is 5.92 Å². The molecule has 5 nitrogen and oxygen atoms in total. The van der Waals surface area contributed by atoms with Crippen LogP contribution in [-0.4, -0.2) is 54.3 Å². The molecule has 0 radical (unpaired) electrons. The number of amides is 1. The van der Waals surface area contributed by atoms with E-state index in [2.05, 4.69) is 43.2 Å². The molecule has 0 aromatic heterocycles. The molecule has 0 bridgehead atoms. The summed E-state index contributed by atoms with van der Waals surface area (Å²) in [6, 6.07) is 6.37. The first-order valence-electron chi connectivity index (χ1n) is 9.68. The second-order valence-electron chi connectivity index (χ2n) is 8.64. The van der Waals surface area contributed by atoms with Crippen LogP contribution < -0.4 is 10.1 Å². The van der Waals surface area contributed by atoms with E-state index in [1.54, 1.807) is 7.11 Å². The number of rotatable bonds is 2. The largest absolute Gasteiger partial charge is 0.497 e. The number of carbonyl (C=O) groups excluding carboxylic acids is 1. The number of likely N-dealkylation sites (tertiary alicyclic amines) is 1. The summed E-state index contributed by atoms with van der Waals surface area (Å²) in [7, 11) is 3.78. The summed E-state index contributed by atoms with van der Waals surface area (Å²) in [4.78, 5) is 14.3. The topological polar surface area (TPSA) is 61.8 Å². The van der Waals surface area contributed by atoms with E-state index in [4.69, 9.17) is 4.74 Å². The molecule has 142 valence electrons. The van der Waals surface area contributed by atoms with Crippen molar-refractivity contribution in [3.8, 4) is 5.75 Å². The Bertz CT molecular complexity index is 736. The molecular formula is C21H30N2O3. The molecule has 4 rings (SSSR count). The Morgan fingerprint density at radius 2 is 2.12 bits per heavy atom. The van der Waals surface area contributed by atoms with Gasteiger partial charge < -0.3 is 20.1 Å². The summed E-state index contributed by atoms with van der Waals surface area (Å²) in [5.74, 6) is 1.17. The molecule has 1 saturated carbocycles. The van der Waals surface area contributed by atoms with Crippen molar-refractivity contribution >= 4 is 5.91 Å². The fourth-order valence-corrected chi connectivity index (χ4v) is 5.88. The molecule has 0 spiro atoms. The van der Waals surface area contributed by atoms with E-state index in [-0.39, 0.29) is 29.3 Å². The minimum atomic E-state index is -0.857. The van der Waals surface area contributed by atoms with Gasteiger partial charge in [0, 0.05) is 23.9 Å². The fraction of sp³-hybridized carbons (Fsp3) is 0.667. The second kappa shape index (κ2) is 5.96. The number of benzene rings is 1. The Morgan fingerprint density at radius 1 is 1.35 bits per heavy atom. The number of aryl methyl sites for hydroxylation is 1. The molecule has 1 amide bonds. The van der Waals surface area contributed by atoms with Gasteiger partial charge in [0.05, 0.1) is 12.7 Å². The van der Waals surface area contributed by atoms with Crippen LogP contribution in [0.4, 0.5) is 0 Å². The third-order valence-electron chi connectivity index (χ3n) is 7.54. The van der Waals surface area contributed by atoms with E-state index in [1.807, 2.05) is 6.07 Å². The van der Waals surface area contributed by atoms with E-state index < -0.39 is 5.60 Å². The van der Waals surface area contributed by atoms with Crippen molar-refractivity contribution in [2.75, 3.05) is 20.7 Å². The number of aliphatic hydroxyl groups is 1. The Hall–Kier alpha value is -1.59. The molecule has 3 fully saturated rings. The standard InChI is InChI=1S/C21H30N2O3/c1-13-5-6-16(26-4)10-17(13)20-7-8-23(3)14(2)21(20,25)11-15-9-19(24)22-18(15)12-20/h5-6,10,14-15,18,25H,7-9,11-12H2,1-4H3,(H,22,24)/t14?,15?,18?,20-,21?/m1/s1. The van der Waals surface area contributed by atoms with Gasteiger partial charge in [0.2, 0.25) is 5.91 Å². The van der Waals surface area contributed by atoms with Crippen LogP contribution >= 0.6 is 0 Å². The van der Waals surface area contributed by atoms with Crippen LogP contribution in [0.5, 0.6) is 5.75 Å². The maximum Gasteiger partial charge on any atom is 0.220 e. The summed E-state index contributed by atoms with van der Waals surface area (Å²) in [5, 5.41) is 15.3. The third kappa shape index (κ3) is 2.33. The highest BCUT2D eigenvalue weighted by Crippen LogP contribution is 2.57. The lowest BCUT2D eigenvalue weighted by Crippen LogP contribution is -2.71. The number of hydrogen-bond acceptors (Lipinski definition) is 4. The van der Waals surface area contributed by atoms with Gasteiger partial charge in [-0.1, -0.05) is 6.07 Å². The van der Waals surface area contributed by atoms with Crippen molar-refractivity contribution in [1.29, 1.82) is 0 Å². The molecule has 3 aliphatic rings. The minimum absolute atomic E-state index is 0.0403. The normalized spacial score (nSPS) is 39.9. The van der Waals surface area contributed by atoms with Gasteiger partial charge in [-0.3, -0.25) is 4.79 Å². The van der Waals surface area contributed by atoms with Crippen LogP contribution in [0.3, 0.4) is 0 Å². The van der Waals surface area contributed by atoms with Gasteiger partial charge in [-0.2, -0.15) is 0 Å². The molecule has 2 saturated heterocycles. The monoisotopic (exact) mass is 358 g/mol. The van der Waals surface area contributed by atoms with Crippen LogP contribution in [0.25, 0.3) is 0 Å². The SMILES string of the molecule is COc1ccc(C)c([C@]23CCN(C)C(C)C2(O)CC2CC(=O)NC2C3)c1. The number of likely N-dealkylation sites (N-methyl/N-ethyl adjacent to an activating group) is 1. The Morgan fingerprint density at radius 3 is 2.85 bits per heavy atom. The van der Waals surface area contributed by atoms with Gasteiger partial charge >= 0.3 is 0 Å². The van der Waals surface area contributed by atoms with Crippen LogP contribution in [0, 0.1) is 12.8 Å². The maximum absolute atomic E-state index is 12.1. The van der Waals surface area contributed by atoms with Gasteiger partial charge in [0.15, 0.2) is 0 Å². The van der Waals surface area contributed by atoms with Crippen molar-refractivity contribution in [3.05, 3.63) is 29.3 Å². The Labute approximate surface area is 155 Å². The van der Waals surface area contributed by atoms with Crippen LogP contribution in [0.1, 0.15) is 43.7 Å². The molecule has 2 aliphatic heterocycles. The zero-order chi connectivity index (χ0) is 18.7. The lowest BCUT2D eigenvalue weighted by Gasteiger charge is -2.62. The lowest BCUT2D eigenvalue weighted by molar-refractivity contribution is -0.162. The number of nitrogens with one attached hydrogen (secondary N) is 1. The predicted molar refractivity (Wildman–Crippen MR) is 100 cm³/mol. The molecular weight excluding hydrogens is 328 g/mol. The zero-order valence-electron chi connectivity index (χ0n) is 16.2. The average Bonchev–Trinajstić information content (AvgIpc) is 2.96. The minimum Gasteiger partial charge on any atom is -0.497 e. The van der Waals surface area contributed by atoms with Crippen molar-refractivity contribution < 1.29 is 14.6 Å². The van der Waals surface area contributed by atoms with Crippen molar-refractivity contribution in [3.63, 3.8) is 0 Å². The molecule has 1 aromatic rings. The van der Waals surface area contributed by atoms with Crippen LogP contribution in [0.15, 0.2) is 18.2 Å². The first kappa shape index (κ1) is 17.8. The van der Waals surface area contributed by atoms with Crippen LogP contribution in [0.2, 0.25) is 0 Å². The molecule has 26 heavy (non-hydrogen) atoms. The molecule has 2 heterocycles. The van der Waals surface area contributed by atoms with E-state index in [9.17, 15) is 9.90 Å². The van der Waals surface area contributed by atoms with Gasteiger partial charge in [-0.25, -0.2) is 0 Å². The fourth-order valence-electron chi connectivity index (χ4n) is 5.88. The van der Waals surface area contributed by atoms with Gasteiger partial charge in [0.1, 0.15) is 5.75 Å². The van der Waals surface area contributed by atoms with Crippen molar-refractivity contribution in [1.82, 2.24) is 10.2 Å². The number of carbonyl (C=O) groups is 1. The average molecular weight is 358 g/mol. The van der Waals surface area contributed by atoms with Gasteiger partial charge in [-0.05, 0) is 75.9 Å². The number of ether oxygens (including phenoxy) is 1. The third-order valence-corrected chi connectivity index (χ3v) is 7.54. The highest BCUT2D eigenvalue weighted by atomic mass is 16.5. The van der Waals surface area contributed by atoms with Gasteiger partial charge in [-0.15, -0.1) is 0 Å². The molecule has 2 N–H and O–H groups in total. The van der Waals surface area contributed by atoms with E-state index in [0.29, 0.717) is 12.8 Å². The van der Waals surface area contributed by atoms with E-state index >= 15 is 0 Å². The molecule has 5 atom stereocenters. The van der Waals surface area contributed by atoms with E-state index in [1.165, 1.54) is 11.1 Å². The van der Waals surface area contributed by atoms with Crippen LogP contribution in [-0.2, 0) is 10.2 Å². The smallest absolute Gasteiger partial charge is 0.220 e.